The van der Waals surface area contributed by atoms with E-state index in [0.29, 0.717) is 18.5 Å². The first-order chi connectivity index (χ1) is 23.0. The normalized spacial score (nSPS) is 11.8. The monoisotopic (exact) mass is 659 g/mol. The van der Waals surface area contributed by atoms with Crippen molar-refractivity contribution in [1.82, 2.24) is 28.7 Å². The van der Waals surface area contributed by atoms with Crippen molar-refractivity contribution < 1.29 is 17.5 Å². The van der Waals surface area contributed by atoms with Gasteiger partial charge in [0.25, 0.3) is 11.2 Å². The molecule has 0 amide bonds. The number of rotatable bonds is 7. The molecular weight excluding hydrogens is 627 g/mol. The second kappa shape index (κ2) is 12.8. The van der Waals surface area contributed by atoms with E-state index in [-0.39, 0.29) is 10.5 Å². The minimum Gasteiger partial charge on any atom is -0.744 e. The molecule has 0 saturated heterocycles. The Hall–Kier alpha value is -5.72. The molecule has 242 valence electrons. The summed E-state index contributed by atoms with van der Waals surface area (Å²) in [4.78, 5) is 22.9. The van der Waals surface area contributed by atoms with Crippen LogP contribution in [0.15, 0.2) is 108 Å². The molecule has 0 atom stereocenters. The average Bonchev–Trinajstić information content (AvgIpc) is 3.55. The fraction of sp³-hybridized carbons (Fsp3) is 0.139. The Morgan fingerprint density at radius 1 is 0.896 bits per heavy atom. The van der Waals surface area contributed by atoms with Crippen molar-refractivity contribution in [3.05, 3.63) is 131 Å². The van der Waals surface area contributed by atoms with Crippen molar-refractivity contribution in [1.29, 1.82) is 0 Å². The molecule has 0 aliphatic carbocycles. The molecule has 0 saturated carbocycles. The Labute approximate surface area is 276 Å². The molecule has 0 bridgehead atoms. The first-order valence-corrected chi connectivity index (χ1v) is 16.5. The highest BCUT2D eigenvalue weighted by molar-refractivity contribution is 7.85. The number of fused-ring (bicyclic) bond motifs is 4. The molecule has 4 heterocycles. The van der Waals surface area contributed by atoms with E-state index in [0.717, 1.165) is 56.1 Å². The van der Waals surface area contributed by atoms with Gasteiger partial charge in [-0.15, -0.1) is 0 Å². The molecule has 0 unspecified atom stereocenters. The van der Waals surface area contributed by atoms with E-state index in [4.69, 9.17) is 9.97 Å². The Morgan fingerprint density at radius 3 is 2.23 bits per heavy atom. The second-order valence-corrected chi connectivity index (χ2v) is 12.6. The number of aromatic nitrogens is 7. The summed E-state index contributed by atoms with van der Waals surface area (Å²) in [6.07, 6.45) is 7.74. The first kappa shape index (κ1) is 32.2. The Balaban J connectivity index is 0.000000312. The van der Waals surface area contributed by atoms with Crippen LogP contribution in [0.2, 0.25) is 0 Å². The zero-order valence-corrected chi connectivity index (χ0v) is 27.6. The Bertz CT molecular complexity index is 2510. The molecular formula is C36H33N7O4S. The molecule has 7 rings (SSSR count). The van der Waals surface area contributed by atoms with Crippen LogP contribution in [-0.2, 0) is 30.3 Å². The van der Waals surface area contributed by atoms with Gasteiger partial charge >= 0.3 is 5.65 Å². The lowest BCUT2D eigenvalue weighted by Crippen LogP contribution is -2.36. The largest absolute Gasteiger partial charge is 0.744 e. The predicted molar refractivity (Wildman–Crippen MR) is 186 cm³/mol. The summed E-state index contributed by atoms with van der Waals surface area (Å²) in [7, 11) is -2.31. The Morgan fingerprint density at radius 2 is 1.56 bits per heavy atom. The van der Waals surface area contributed by atoms with Gasteiger partial charge in [0.15, 0.2) is 5.52 Å². The van der Waals surface area contributed by atoms with Crippen molar-refractivity contribution in [2.45, 2.75) is 31.8 Å². The van der Waals surface area contributed by atoms with Gasteiger partial charge in [0.05, 0.1) is 34.6 Å². The van der Waals surface area contributed by atoms with E-state index in [2.05, 4.69) is 27.4 Å². The van der Waals surface area contributed by atoms with Gasteiger partial charge in [0.2, 0.25) is 5.82 Å². The van der Waals surface area contributed by atoms with Crippen LogP contribution < -0.4 is 10.1 Å². The summed E-state index contributed by atoms with van der Waals surface area (Å²) >= 11 is 0. The highest BCUT2D eigenvalue weighted by atomic mass is 32.2. The first-order valence-electron chi connectivity index (χ1n) is 15.1. The van der Waals surface area contributed by atoms with Crippen LogP contribution in [0.5, 0.6) is 0 Å². The quantitative estimate of drug-likeness (QED) is 0.132. The van der Waals surface area contributed by atoms with Crippen LogP contribution in [0.3, 0.4) is 0 Å². The van der Waals surface area contributed by atoms with E-state index < -0.39 is 10.1 Å². The molecule has 7 aromatic rings. The number of imidazole rings is 1. The van der Waals surface area contributed by atoms with Crippen molar-refractivity contribution in [3.63, 3.8) is 0 Å². The lowest BCUT2D eigenvalue weighted by Gasteiger charge is -2.08. The van der Waals surface area contributed by atoms with E-state index in [9.17, 15) is 17.8 Å². The number of para-hydroxylation sites is 3. The van der Waals surface area contributed by atoms with Gasteiger partial charge in [-0.25, -0.2) is 22.5 Å². The van der Waals surface area contributed by atoms with Crippen molar-refractivity contribution in [3.8, 4) is 0 Å². The topological polar surface area (TPSA) is 131 Å². The van der Waals surface area contributed by atoms with Gasteiger partial charge in [-0.2, -0.15) is 9.61 Å². The molecule has 0 radical (unpaired) electrons. The summed E-state index contributed by atoms with van der Waals surface area (Å²) in [5, 5.41) is 5.23. The maximum Gasteiger partial charge on any atom is 0.323 e. The lowest BCUT2D eigenvalue weighted by molar-refractivity contribution is -0.665. The summed E-state index contributed by atoms with van der Waals surface area (Å²) < 4.78 is 38.9. The number of nitrogens with zero attached hydrogens (tertiary/aromatic N) is 7. The fourth-order valence-corrected chi connectivity index (χ4v) is 6.20. The molecule has 3 aromatic carbocycles. The summed E-state index contributed by atoms with van der Waals surface area (Å²) in [5.41, 5.74) is 7.24. The van der Waals surface area contributed by atoms with Gasteiger partial charge in [-0.05, 0) is 56.3 Å². The molecule has 0 N–H and O–H groups in total. The maximum absolute atomic E-state index is 13.2. The molecule has 12 heteroatoms. The van der Waals surface area contributed by atoms with Crippen LogP contribution in [0.25, 0.3) is 51.0 Å². The average molecular weight is 660 g/mol. The van der Waals surface area contributed by atoms with E-state index in [1.54, 1.807) is 12.1 Å². The van der Waals surface area contributed by atoms with Gasteiger partial charge in [-0.3, -0.25) is 4.79 Å². The highest BCUT2D eigenvalue weighted by Gasteiger charge is 2.25. The van der Waals surface area contributed by atoms with Gasteiger partial charge < -0.3 is 9.12 Å². The molecule has 48 heavy (non-hydrogen) atoms. The van der Waals surface area contributed by atoms with E-state index in [1.165, 1.54) is 16.6 Å². The number of aryl methyl sites for hydroxylation is 3. The van der Waals surface area contributed by atoms with Crippen molar-refractivity contribution in [2.75, 3.05) is 0 Å². The summed E-state index contributed by atoms with van der Waals surface area (Å²) in [6, 6.07) is 21.2. The zero-order valence-electron chi connectivity index (χ0n) is 26.7. The van der Waals surface area contributed by atoms with Crippen LogP contribution in [0.1, 0.15) is 22.6 Å². The smallest absolute Gasteiger partial charge is 0.323 e. The number of benzene rings is 3. The third kappa shape index (κ3) is 5.83. The van der Waals surface area contributed by atoms with Crippen molar-refractivity contribution in [2.24, 2.45) is 7.05 Å². The van der Waals surface area contributed by atoms with Gasteiger partial charge in [-0.1, -0.05) is 72.3 Å². The fourth-order valence-electron chi connectivity index (χ4n) is 5.73. The predicted octanol–water partition coefficient (Wildman–Crippen LogP) is 5.12. The highest BCUT2D eigenvalue weighted by Crippen LogP contribution is 2.22. The molecule has 0 aliphatic heterocycles. The van der Waals surface area contributed by atoms with E-state index >= 15 is 0 Å². The molecule has 0 fully saturated rings. The van der Waals surface area contributed by atoms with Gasteiger partial charge in [0.1, 0.15) is 21.3 Å². The minimum absolute atomic E-state index is 0.131. The SMILES string of the molecule is C=CCn1c(C=Cc2c(C)nn3c(=O)c4ccccc4n(C)c23)[n+](CC=C)c2nc3ccccc3nc21.Cc1ccc(S(=O)(=O)[O-])cc1. The summed E-state index contributed by atoms with van der Waals surface area (Å²) in [5.74, 6) is 0.898. The zero-order chi connectivity index (χ0) is 34.2. The maximum atomic E-state index is 13.2. The van der Waals surface area contributed by atoms with Crippen LogP contribution in [0.4, 0.5) is 0 Å². The third-order valence-electron chi connectivity index (χ3n) is 8.02. The van der Waals surface area contributed by atoms with Crippen molar-refractivity contribution >= 4 is 61.1 Å². The summed E-state index contributed by atoms with van der Waals surface area (Å²) in [6.45, 7) is 12.8. The minimum atomic E-state index is -4.27. The van der Waals surface area contributed by atoms with Crippen LogP contribution >= 0.6 is 0 Å². The molecule has 0 spiro atoms. The number of allylic oxidation sites excluding steroid dienone is 2. The second-order valence-electron chi connectivity index (χ2n) is 11.2. The molecule has 11 nitrogen and oxygen atoms in total. The van der Waals surface area contributed by atoms with Crippen LogP contribution in [0, 0.1) is 13.8 Å². The molecule has 4 aromatic heterocycles. The number of hydrogen-bond acceptors (Lipinski definition) is 7. The standard InChI is InChI=1S/C29H26N7O.C7H8O3S/c1-5-17-34-25(35(18-6-2)27-26(34)30-22-12-8-9-13-23(22)31-27)16-15-20-19(3)32-36-28(20)33(4)24-14-10-7-11-21(24)29(36)37;1-6-2-4-7(5-3-6)11(8,9)10/h5-16H,1-2,17-18H2,3-4H3;2-5H,1H3,(H,8,9,10)/q+1;/p-1. The van der Waals surface area contributed by atoms with Gasteiger partial charge in [0, 0.05) is 18.7 Å². The number of hydrogen-bond donors (Lipinski definition) is 0. The lowest BCUT2D eigenvalue weighted by atomic mass is 10.2. The Kier molecular flexibility index (Phi) is 8.61. The third-order valence-corrected chi connectivity index (χ3v) is 8.87. The van der Waals surface area contributed by atoms with E-state index in [1.807, 2.05) is 98.3 Å². The molecule has 0 aliphatic rings. The van der Waals surface area contributed by atoms with Crippen LogP contribution in [-0.4, -0.2) is 41.7 Å².